The molecule has 200 valence electrons. The average molecular weight is 516 g/mol. The first-order valence-electron chi connectivity index (χ1n) is 12.7. The molecular weight excluding hydrogens is 480 g/mol. The number of anilines is 1. The Morgan fingerprint density at radius 1 is 1.11 bits per heavy atom. The highest BCUT2D eigenvalue weighted by molar-refractivity contribution is 5.95. The fourth-order valence-electron chi connectivity index (χ4n) is 5.33. The molecule has 1 fully saturated rings. The summed E-state index contributed by atoms with van der Waals surface area (Å²) in [7, 11) is 3.19. The molecule has 0 aromatic heterocycles. The minimum atomic E-state index is -2.94. The highest BCUT2D eigenvalue weighted by Gasteiger charge is 2.45. The number of ether oxygens (including phenoxy) is 2. The van der Waals surface area contributed by atoms with Gasteiger partial charge in [-0.15, -0.1) is 0 Å². The fourth-order valence-corrected chi connectivity index (χ4v) is 5.33. The first kappa shape index (κ1) is 26.9. The number of nitrogens with one attached hydrogen (secondary N) is 3. The Morgan fingerprint density at radius 2 is 1.86 bits per heavy atom. The van der Waals surface area contributed by atoms with Crippen LogP contribution in [0.3, 0.4) is 0 Å². The Balaban J connectivity index is 1.37. The number of carbonyl (C=O) groups is 2. The number of hydrogen-bond acceptors (Lipinski definition) is 5. The van der Waals surface area contributed by atoms with Crippen molar-refractivity contribution < 1.29 is 27.8 Å². The zero-order valence-corrected chi connectivity index (χ0v) is 21.3. The van der Waals surface area contributed by atoms with E-state index in [0.717, 1.165) is 12.1 Å². The van der Waals surface area contributed by atoms with Crippen molar-refractivity contribution in [2.45, 2.75) is 50.1 Å². The zero-order valence-electron chi connectivity index (χ0n) is 21.3. The molecule has 7 nitrogen and oxygen atoms in total. The summed E-state index contributed by atoms with van der Waals surface area (Å²) in [6.07, 6.45) is 0.599. The second-order valence-electron chi connectivity index (χ2n) is 9.92. The number of benzene rings is 2. The first-order chi connectivity index (χ1) is 17.8. The predicted molar refractivity (Wildman–Crippen MR) is 137 cm³/mol. The SMILES string of the molecule is COC[C@@H]1Nc2ccccc2C[C@@H]1CCNC(=O)[C@H]1CC(F)(F)CC[C@H]1NC(=O)c1ccc(OC)cc1. The number of carbonyl (C=O) groups excluding carboxylic acids is 2. The molecule has 37 heavy (non-hydrogen) atoms. The molecule has 1 aliphatic carbocycles. The van der Waals surface area contributed by atoms with Crippen molar-refractivity contribution in [2.24, 2.45) is 11.8 Å². The van der Waals surface area contributed by atoms with Gasteiger partial charge in [0.15, 0.2) is 0 Å². The Morgan fingerprint density at radius 3 is 2.59 bits per heavy atom. The number of hydrogen-bond donors (Lipinski definition) is 3. The van der Waals surface area contributed by atoms with E-state index >= 15 is 0 Å². The second-order valence-corrected chi connectivity index (χ2v) is 9.92. The van der Waals surface area contributed by atoms with Crippen molar-refractivity contribution in [1.29, 1.82) is 0 Å². The minimum Gasteiger partial charge on any atom is -0.497 e. The lowest BCUT2D eigenvalue weighted by molar-refractivity contribution is -0.134. The van der Waals surface area contributed by atoms with E-state index in [-0.39, 0.29) is 24.8 Å². The molecule has 2 aliphatic rings. The summed E-state index contributed by atoms with van der Waals surface area (Å²) < 4.78 is 39.1. The van der Waals surface area contributed by atoms with Gasteiger partial charge in [0.1, 0.15) is 5.75 Å². The van der Waals surface area contributed by atoms with Gasteiger partial charge in [-0.2, -0.15) is 0 Å². The Bertz CT molecular complexity index is 1080. The van der Waals surface area contributed by atoms with Crippen molar-refractivity contribution in [1.82, 2.24) is 10.6 Å². The van der Waals surface area contributed by atoms with Crippen LogP contribution in [0.1, 0.15) is 41.6 Å². The quantitative estimate of drug-likeness (QED) is 0.469. The Labute approximate surface area is 216 Å². The molecule has 3 N–H and O–H groups in total. The van der Waals surface area contributed by atoms with Gasteiger partial charge in [0.05, 0.1) is 25.7 Å². The van der Waals surface area contributed by atoms with Crippen LogP contribution in [-0.4, -0.2) is 57.2 Å². The lowest BCUT2D eigenvalue weighted by Crippen LogP contribution is -2.52. The molecule has 2 aromatic rings. The van der Waals surface area contributed by atoms with Gasteiger partial charge >= 0.3 is 0 Å². The van der Waals surface area contributed by atoms with Gasteiger partial charge in [-0.1, -0.05) is 18.2 Å². The van der Waals surface area contributed by atoms with E-state index in [4.69, 9.17) is 9.47 Å². The maximum absolute atomic E-state index is 14.3. The van der Waals surface area contributed by atoms with Crippen molar-refractivity contribution in [3.63, 3.8) is 0 Å². The summed E-state index contributed by atoms with van der Waals surface area (Å²) in [6.45, 7) is 0.885. The molecule has 0 unspecified atom stereocenters. The van der Waals surface area contributed by atoms with Gasteiger partial charge in [0.25, 0.3) is 5.91 Å². The van der Waals surface area contributed by atoms with E-state index in [1.807, 2.05) is 18.2 Å². The standard InChI is InChI=1S/C28H35F2N3O4/c1-36-17-25-20(15-19-5-3-4-6-23(19)32-25)12-14-31-27(35)22-16-28(29,30)13-11-24(22)33-26(34)18-7-9-21(37-2)10-8-18/h3-10,20,22,24-25,32H,11-17H2,1-2H3,(H,31,35)(H,33,34)/t20-,22-,24+,25-/m0/s1. The van der Waals surface area contributed by atoms with Crippen LogP contribution in [0.5, 0.6) is 5.75 Å². The molecule has 0 bridgehead atoms. The van der Waals surface area contributed by atoms with Gasteiger partial charge in [-0.3, -0.25) is 9.59 Å². The summed E-state index contributed by atoms with van der Waals surface area (Å²) >= 11 is 0. The van der Waals surface area contributed by atoms with Gasteiger partial charge in [0, 0.05) is 43.8 Å². The number of amides is 2. The molecule has 1 heterocycles. The first-order valence-corrected chi connectivity index (χ1v) is 12.7. The average Bonchev–Trinajstić information content (AvgIpc) is 2.89. The number of alkyl halides is 2. The van der Waals surface area contributed by atoms with E-state index in [1.54, 1.807) is 31.4 Å². The lowest BCUT2D eigenvalue weighted by Gasteiger charge is -2.36. The topological polar surface area (TPSA) is 88.7 Å². The van der Waals surface area contributed by atoms with Gasteiger partial charge < -0.3 is 25.4 Å². The van der Waals surface area contributed by atoms with Crippen molar-refractivity contribution in [3.05, 3.63) is 59.7 Å². The van der Waals surface area contributed by atoms with Gasteiger partial charge in [-0.25, -0.2) is 8.78 Å². The molecule has 1 aliphatic heterocycles. The van der Waals surface area contributed by atoms with Crippen LogP contribution < -0.4 is 20.7 Å². The van der Waals surface area contributed by atoms with Gasteiger partial charge in [0.2, 0.25) is 11.8 Å². The Hall–Kier alpha value is -3.20. The van der Waals surface area contributed by atoms with E-state index in [9.17, 15) is 18.4 Å². The zero-order chi connectivity index (χ0) is 26.4. The number of rotatable bonds is 9. The van der Waals surface area contributed by atoms with Crippen LogP contribution in [-0.2, 0) is 16.0 Å². The molecule has 4 rings (SSSR count). The van der Waals surface area contributed by atoms with Crippen LogP contribution in [0.15, 0.2) is 48.5 Å². The maximum Gasteiger partial charge on any atom is 0.251 e. The summed E-state index contributed by atoms with van der Waals surface area (Å²) in [6, 6.07) is 14.1. The van der Waals surface area contributed by atoms with Crippen LogP contribution >= 0.6 is 0 Å². The van der Waals surface area contributed by atoms with Crippen molar-refractivity contribution >= 4 is 17.5 Å². The van der Waals surface area contributed by atoms with Crippen LogP contribution in [0, 0.1) is 11.8 Å². The molecule has 0 spiro atoms. The highest BCUT2D eigenvalue weighted by Crippen LogP contribution is 2.37. The molecule has 9 heteroatoms. The number of methoxy groups -OCH3 is 2. The Kier molecular flexibility index (Phi) is 8.63. The summed E-state index contributed by atoms with van der Waals surface area (Å²) in [5.41, 5.74) is 2.68. The van der Waals surface area contributed by atoms with E-state index < -0.39 is 36.1 Å². The summed E-state index contributed by atoms with van der Waals surface area (Å²) in [5.74, 6) is -3.98. The molecule has 0 radical (unpaired) electrons. The molecule has 1 saturated carbocycles. The van der Waals surface area contributed by atoms with E-state index in [1.165, 1.54) is 12.7 Å². The van der Waals surface area contributed by atoms with Crippen LogP contribution in [0.2, 0.25) is 0 Å². The predicted octanol–water partition coefficient (Wildman–Crippen LogP) is 4.03. The second kappa shape index (κ2) is 11.9. The summed E-state index contributed by atoms with van der Waals surface area (Å²) in [5, 5.41) is 9.21. The van der Waals surface area contributed by atoms with Crippen LogP contribution in [0.4, 0.5) is 14.5 Å². The molecule has 2 aromatic carbocycles. The largest absolute Gasteiger partial charge is 0.497 e. The molecule has 2 amide bonds. The van der Waals surface area contributed by atoms with Crippen LogP contribution in [0.25, 0.3) is 0 Å². The number of halogens is 2. The molecule has 4 atom stereocenters. The van der Waals surface area contributed by atoms with Gasteiger partial charge in [-0.05, 0) is 61.1 Å². The number of para-hydroxylation sites is 1. The van der Waals surface area contributed by atoms with E-state index in [0.29, 0.717) is 30.9 Å². The smallest absolute Gasteiger partial charge is 0.251 e. The van der Waals surface area contributed by atoms with Crippen molar-refractivity contribution in [2.75, 3.05) is 32.7 Å². The molecule has 0 saturated heterocycles. The van der Waals surface area contributed by atoms with E-state index in [2.05, 4.69) is 22.0 Å². The lowest BCUT2D eigenvalue weighted by atomic mass is 9.81. The monoisotopic (exact) mass is 515 g/mol. The fraction of sp³-hybridized carbons (Fsp3) is 0.500. The summed E-state index contributed by atoms with van der Waals surface area (Å²) in [4.78, 5) is 25.9. The highest BCUT2D eigenvalue weighted by atomic mass is 19.3. The normalized spacial score (nSPS) is 24.3. The number of fused-ring (bicyclic) bond motifs is 1. The molecular formula is C28H35F2N3O4. The third kappa shape index (κ3) is 6.77. The minimum absolute atomic E-state index is 0.0340. The maximum atomic E-state index is 14.3. The third-order valence-electron chi connectivity index (χ3n) is 7.40. The third-order valence-corrected chi connectivity index (χ3v) is 7.40. The van der Waals surface area contributed by atoms with Crippen molar-refractivity contribution in [3.8, 4) is 5.75 Å².